The van der Waals surface area contributed by atoms with Crippen molar-refractivity contribution in [2.75, 3.05) is 6.61 Å². The summed E-state index contributed by atoms with van der Waals surface area (Å²) >= 11 is 0. The summed E-state index contributed by atoms with van der Waals surface area (Å²) in [5.74, 6) is -0.547. The van der Waals surface area contributed by atoms with Gasteiger partial charge in [0.05, 0.1) is 18.7 Å². The number of rotatable bonds is 0. The molecule has 5 nitrogen and oxygen atoms in total. The maximum absolute atomic E-state index is 11.7. The third-order valence-corrected chi connectivity index (χ3v) is 3.79. The van der Waals surface area contributed by atoms with Crippen LogP contribution >= 0.6 is 0 Å². The molecular weight excluding hydrogens is 210 g/mol. The second-order valence-electron chi connectivity index (χ2n) is 5.26. The van der Waals surface area contributed by atoms with Crippen molar-refractivity contribution in [3.8, 4) is 0 Å². The van der Waals surface area contributed by atoms with E-state index in [1.54, 1.807) is 4.90 Å². The molecule has 3 rings (SSSR count). The highest BCUT2D eigenvalue weighted by Gasteiger charge is 2.57. The lowest BCUT2D eigenvalue weighted by Crippen LogP contribution is -2.53. The molecule has 0 saturated carbocycles. The van der Waals surface area contributed by atoms with E-state index in [2.05, 4.69) is 0 Å². The molecule has 1 amide bonds. The molecule has 3 heterocycles. The highest BCUT2D eigenvalue weighted by atomic mass is 16.7. The molecule has 90 valence electrons. The first-order valence-corrected chi connectivity index (χ1v) is 5.81. The van der Waals surface area contributed by atoms with Gasteiger partial charge in [-0.1, -0.05) is 0 Å². The summed E-state index contributed by atoms with van der Waals surface area (Å²) in [6.45, 7) is 4.12. The molecular formula is C11H17NO4. The normalized spacial score (nSPS) is 45.7. The minimum atomic E-state index is -0.662. The van der Waals surface area contributed by atoms with E-state index < -0.39 is 11.9 Å². The van der Waals surface area contributed by atoms with Crippen molar-refractivity contribution < 1.29 is 19.4 Å². The number of amides is 1. The molecule has 0 radical (unpaired) electrons. The van der Waals surface area contributed by atoms with Gasteiger partial charge in [-0.2, -0.15) is 0 Å². The van der Waals surface area contributed by atoms with Gasteiger partial charge < -0.3 is 19.5 Å². The monoisotopic (exact) mass is 227 g/mol. The van der Waals surface area contributed by atoms with E-state index in [0.29, 0.717) is 13.0 Å². The molecule has 0 bridgehead atoms. The topological polar surface area (TPSA) is 59.0 Å². The van der Waals surface area contributed by atoms with E-state index in [0.717, 1.165) is 6.42 Å². The van der Waals surface area contributed by atoms with Gasteiger partial charge in [0.2, 0.25) is 5.91 Å². The summed E-state index contributed by atoms with van der Waals surface area (Å²) in [7, 11) is 0. The number of fused-ring (bicyclic) bond motifs is 3. The molecule has 0 aromatic rings. The Morgan fingerprint density at radius 3 is 2.94 bits per heavy atom. The van der Waals surface area contributed by atoms with Crippen LogP contribution in [0.2, 0.25) is 0 Å². The fourth-order valence-corrected chi connectivity index (χ4v) is 3.07. The number of ether oxygens (including phenoxy) is 2. The highest BCUT2D eigenvalue weighted by molar-refractivity contribution is 5.80. The molecule has 3 fully saturated rings. The summed E-state index contributed by atoms with van der Waals surface area (Å²) in [5, 5.41) is 10.2. The SMILES string of the molecule is CC1(C)OC[C@H]2[C@@H](O1)[C@@H](O)[C@@H]1CCC(=O)N12. The largest absolute Gasteiger partial charge is 0.388 e. The van der Waals surface area contributed by atoms with E-state index in [1.807, 2.05) is 13.8 Å². The van der Waals surface area contributed by atoms with E-state index >= 15 is 0 Å². The number of hydrogen-bond acceptors (Lipinski definition) is 4. The summed E-state index contributed by atoms with van der Waals surface area (Å²) in [5.41, 5.74) is 0. The number of aliphatic hydroxyl groups is 1. The van der Waals surface area contributed by atoms with Gasteiger partial charge in [-0.15, -0.1) is 0 Å². The number of aliphatic hydroxyl groups excluding tert-OH is 1. The average Bonchev–Trinajstić information content (AvgIpc) is 2.69. The van der Waals surface area contributed by atoms with Crippen LogP contribution in [0.1, 0.15) is 26.7 Å². The minimum absolute atomic E-state index is 0.0694. The molecule has 3 aliphatic heterocycles. The van der Waals surface area contributed by atoms with Crippen LogP contribution in [0.25, 0.3) is 0 Å². The van der Waals surface area contributed by atoms with Crippen LogP contribution in [-0.4, -0.2) is 52.6 Å². The van der Waals surface area contributed by atoms with Crippen LogP contribution in [-0.2, 0) is 14.3 Å². The summed E-state index contributed by atoms with van der Waals surface area (Å²) in [6, 6.07) is -0.178. The molecule has 5 heteroatoms. The Morgan fingerprint density at radius 1 is 1.44 bits per heavy atom. The van der Waals surface area contributed by atoms with Crippen LogP contribution in [0.3, 0.4) is 0 Å². The van der Waals surface area contributed by atoms with E-state index in [1.165, 1.54) is 0 Å². The second-order valence-corrected chi connectivity index (χ2v) is 5.26. The van der Waals surface area contributed by atoms with Crippen molar-refractivity contribution in [2.45, 2.75) is 56.8 Å². The van der Waals surface area contributed by atoms with Gasteiger partial charge in [-0.25, -0.2) is 0 Å². The van der Waals surface area contributed by atoms with Crippen molar-refractivity contribution in [1.82, 2.24) is 4.90 Å². The van der Waals surface area contributed by atoms with Crippen molar-refractivity contribution >= 4 is 5.91 Å². The van der Waals surface area contributed by atoms with Crippen molar-refractivity contribution in [3.05, 3.63) is 0 Å². The van der Waals surface area contributed by atoms with E-state index in [9.17, 15) is 9.90 Å². The Kier molecular flexibility index (Phi) is 2.09. The smallest absolute Gasteiger partial charge is 0.223 e. The van der Waals surface area contributed by atoms with Crippen LogP contribution < -0.4 is 0 Å². The third-order valence-electron chi connectivity index (χ3n) is 3.79. The lowest BCUT2D eigenvalue weighted by Gasteiger charge is -2.40. The molecule has 0 spiro atoms. The zero-order valence-electron chi connectivity index (χ0n) is 9.55. The van der Waals surface area contributed by atoms with Crippen LogP contribution in [0.4, 0.5) is 0 Å². The Hall–Kier alpha value is -0.650. The average molecular weight is 227 g/mol. The Labute approximate surface area is 94.3 Å². The Bertz CT molecular complexity index is 330. The van der Waals surface area contributed by atoms with Crippen molar-refractivity contribution in [1.29, 1.82) is 0 Å². The number of nitrogens with zero attached hydrogens (tertiary/aromatic N) is 1. The molecule has 1 N–H and O–H groups in total. The highest BCUT2D eigenvalue weighted by Crippen LogP contribution is 2.40. The maximum Gasteiger partial charge on any atom is 0.223 e. The molecule has 3 saturated heterocycles. The first-order chi connectivity index (χ1) is 7.49. The number of hydrogen-bond donors (Lipinski definition) is 1. The predicted octanol–water partition coefficient (Wildman–Crippen LogP) is -0.128. The second kappa shape index (κ2) is 3.18. The standard InChI is InChI=1S/C11H17NO4/c1-11(2)15-5-7-10(16-11)9(14)6-3-4-8(13)12(6)7/h6-7,9-10,14H,3-5H2,1-2H3/t6-,7-,9-,10+/m0/s1. The Balaban J connectivity index is 1.88. The third kappa shape index (κ3) is 1.31. The summed E-state index contributed by atoms with van der Waals surface area (Å²) in [6.07, 6.45) is 0.406. The summed E-state index contributed by atoms with van der Waals surface area (Å²) in [4.78, 5) is 13.5. The minimum Gasteiger partial charge on any atom is -0.388 e. The maximum atomic E-state index is 11.7. The van der Waals surface area contributed by atoms with Gasteiger partial charge in [-0.05, 0) is 20.3 Å². The lowest BCUT2D eigenvalue weighted by molar-refractivity contribution is -0.291. The lowest BCUT2D eigenvalue weighted by atomic mass is 10.0. The van der Waals surface area contributed by atoms with Gasteiger partial charge in [-0.3, -0.25) is 4.79 Å². The van der Waals surface area contributed by atoms with Crippen molar-refractivity contribution in [2.24, 2.45) is 0 Å². The number of carbonyl (C=O) groups excluding carboxylic acids is 1. The molecule has 0 aliphatic carbocycles. The summed E-state index contributed by atoms with van der Waals surface area (Å²) < 4.78 is 11.3. The fraction of sp³-hybridized carbons (Fsp3) is 0.909. The van der Waals surface area contributed by atoms with E-state index in [-0.39, 0.29) is 24.1 Å². The molecule has 0 aromatic carbocycles. The predicted molar refractivity (Wildman–Crippen MR) is 54.6 cm³/mol. The zero-order chi connectivity index (χ0) is 11.5. The van der Waals surface area contributed by atoms with Gasteiger partial charge >= 0.3 is 0 Å². The van der Waals surface area contributed by atoms with E-state index in [4.69, 9.17) is 9.47 Å². The van der Waals surface area contributed by atoms with Gasteiger partial charge in [0.25, 0.3) is 0 Å². The zero-order valence-corrected chi connectivity index (χ0v) is 9.55. The fourth-order valence-electron chi connectivity index (χ4n) is 3.07. The molecule has 16 heavy (non-hydrogen) atoms. The first-order valence-electron chi connectivity index (χ1n) is 5.81. The molecule has 0 unspecified atom stereocenters. The molecule has 0 aromatic heterocycles. The van der Waals surface area contributed by atoms with Crippen molar-refractivity contribution in [3.63, 3.8) is 0 Å². The van der Waals surface area contributed by atoms with Crippen LogP contribution in [0.5, 0.6) is 0 Å². The van der Waals surface area contributed by atoms with Gasteiger partial charge in [0, 0.05) is 6.42 Å². The van der Waals surface area contributed by atoms with Crippen LogP contribution in [0.15, 0.2) is 0 Å². The van der Waals surface area contributed by atoms with Crippen LogP contribution in [0, 0.1) is 0 Å². The number of carbonyl (C=O) groups is 1. The molecule has 4 atom stereocenters. The quantitative estimate of drug-likeness (QED) is 0.626. The first kappa shape index (κ1) is 10.5. The Morgan fingerprint density at radius 2 is 2.19 bits per heavy atom. The molecule has 3 aliphatic rings. The van der Waals surface area contributed by atoms with Gasteiger partial charge in [0.1, 0.15) is 12.2 Å². The van der Waals surface area contributed by atoms with Gasteiger partial charge in [0.15, 0.2) is 5.79 Å².